The number of halogens is 1. The molecule has 34 heavy (non-hydrogen) atoms. The first-order chi connectivity index (χ1) is 16.3. The fourth-order valence-corrected chi connectivity index (χ4v) is 10.3. The zero-order valence-electron chi connectivity index (χ0n) is 17.7. The molecule has 0 aliphatic carbocycles. The van der Waals surface area contributed by atoms with E-state index in [1.165, 1.54) is 24.3 Å². The number of benzene rings is 3. The molecule has 9 heteroatoms. The maximum absolute atomic E-state index is 13.2. The van der Waals surface area contributed by atoms with Crippen molar-refractivity contribution in [2.45, 2.75) is 11.8 Å². The molecular weight excluding hydrogens is 571 g/mol. The Balaban J connectivity index is 1.67. The summed E-state index contributed by atoms with van der Waals surface area (Å²) in [5, 5.41) is 1.40. The second-order valence-electron chi connectivity index (χ2n) is 7.45. The van der Waals surface area contributed by atoms with Gasteiger partial charge in [-0.25, -0.2) is 0 Å². The summed E-state index contributed by atoms with van der Waals surface area (Å²) in [6.07, 6.45) is 0. The van der Waals surface area contributed by atoms with Crippen molar-refractivity contribution < 1.29 is 19.8 Å². The molecule has 0 aliphatic rings. The average Bonchev–Trinajstić information content (AvgIpc) is 2.82. The molecule has 0 radical (unpaired) electrons. The van der Waals surface area contributed by atoms with Gasteiger partial charge >= 0.3 is 202 Å². The van der Waals surface area contributed by atoms with Crippen LogP contribution in [0.3, 0.4) is 0 Å². The van der Waals surface area contributed by atoms with E-state index in [-0.39, 0.29) is 4.90 Å². The molecule has 2 aromatic heterocycles. The van der Waals surface area contributed by atoms with E-state index in [2.05, 4.69) is 0 Å². The van der Waals surface area contributed by atoms with Crippen molar-refractivity contribution in [3.63, 3.8) is 0 Å². The number of rotatable bonds is 5. The zero-order chi connectivity index (χ0) is 23.9. The van der Waals surface area contributed by atoms with Crippen LogP contribution >= 0.6 is 20.2 Å². The predicted octanol–water partition coefficient (Wildman–Crippen LogP) is 5.07. The van der Waals surface area contributed by atoms with Gasteiger partial charge in [0.05, 0.1) is 0 Å². The van der Waals surface area contributed by atoms with Crippen molar-refractivity contribution in [1.29, 1.82) is 0 Å². The molecule has 0 amide bonds. The van der Waals surface area contributed by atoms with Crippen LogP contribution in [0.25, 0.3) is 21.9 Å². The van der Waals surface area contributed by atoms with Crippen molar-refractivity contribution in [2.75, 3.05) is 0 Å². The van der Waals surface area contributed by atoms with Gasteiger partial charge < -0.3 is 0 Å². The summed E-state index contributed by atoms with van der Waals surface area (Å²) in [6.45, 7) is 1.86. The molecule has 5 aromatic rings. The van der Waals surface area contributed by atoms with Crippen LogP contribution in [0, 0.1) is 14.1 Å². The Bertz CT molecular complexity index is 1660. The SMILES string of the molecule is Cc1ccc(S(=O)(=O)OI(c2ccc3ccc(=O)oc3c2)c2ccc3ccc(=O)oc3c2)cc1. The van der Waals surface area contributed by atoms with Crippen molar-refractivity contribution in [3.8, 4) is 0 Å². The summed E-state index contributed by atoms with van der Waals surface area (Å²) in [7, 11) is -4.11. The second-order valence-corrected chi connectivity index (χ2v) is 13.9. The van der Waals surface area contributed by atoms with Crippen LogP contribution in [0.15, 0.2) is 108 Å². The van der Waals surface area contributed by atoms with Crippen molar-refractivity contribution in [2.24, 2.45) is 0 Å². The van der Waals surface area contributed by atoms with E-state index < -0.39 is 41.6 Å². The van der Waals surface area contributed by atoms with Crippen LogP contribution in [0.2, 0.25) is 0 Å². The van der Waals surface area contributed by atoms with Crippen LogP contribution in [0.4, 0.5) is 0 Å². The van der Waals surface area contributed by atoms with Gasteiger partial charge in [0, 0.05) is 0 Å². The molecule has 2 heterocycles. The minimum atomic E-state index is -4.11. The number of hydrogen-bond acceptors (Lipinski definition) is 7. The van der Waals surface area contributed by atoms with Gasteiger partial charge in [0.25, 0.3) is 0 Å². The Morgan fingerprint density at radius 1 is 0.676 bits per heavy atom. The topological polar surface area (TPSA) is 104 Å². The average molecular weight is 588 g/mol. The third kappa shape index (κ3) is 4.54. The van der Waals surface area contributed by atoms with Gasteiger partial charge in [-0.1, -0.05) is 0 Å². The van der Waals surface area contributed by atoms with E-state index in [1.54, 1.807) is 60.7 Å². The molecule has 0 fully saturated rings. The van der Waals surface area contributed by atoms with Crippen LogP contribution in [0.5, 0.6) is 0 Å². The van der Waals surface area contributed by atoms with Crippen LogP contribution in [-0.4, -0.2) is 8.42 Å². The molecule has 0 spiro atoms. The first-order valence-electron chi connectivity index (χ1n) is 10.1. The van der Waals surface area contributed by atoms with E-state index in [0.717, 1.165) is 5.56 Å². The van der Waals surface area contributed by atoms with Gasteiger partial charge in [-0.2, -0.15) is 0 Å². The molecule has 0 unspecified atom stereocenters. The molecule has 0 aliphatic heterocycles. The zero-order valence-corrected chi connectivity index (χ0v) is 20.7. The van der Waals surface area contributed by atoms with E-state index in [0.29, 0.717) is 29.1 Å². The fourth-order valence-electron chi connectivity index (χ4n) is 3.31. The summed E-state index contributed by atoms with van der Waals surface area (Å²) < 4.78 is 44.1. The third-order valence-corrected chi connectivity index (χ3v) is 12.3. The number of aryl methyl sites for hydroxylation is 1. The second kappa shape index (κ2) is 8.82. The van der Waals surface area contributed by atoms with Crippen molar-refractivity contribution >= 4 is 52.3 Å². The Hall–Kier alpha value is -3.28. The molecule has 0 atom stereocenters. The minimum absolute atomic E-state index is 0.0417. The number of fused-ring (bicyclic) bond motifs is 2. The van der Waals surface area contributed by atoms with E-state index in [1.807, 2.05) is 6.92 Å². The Labute approximate surface area is 201 Å². The third-order valence-electron chi connectivity index (χ3n) is 5.02. The van der Waals surface area contributed by atoms with Crippen LogP contribution < -0.4 is 11.3 Å². The molecule has 7 nitrogen and oxygen atoms in total. The molecule has 0 saturated carbocycles. The Morgan fingerprint density at radius 2 is 1.15 bits per heavy atom. The first-order valence-corrected chi connectivity index (χ1v) is 14.5. The van der Waals surface area contributed by atoms with Gasteiger partial charge in [-0.05, 0) is 0 Å². The van der Waals surface area contributed by atoms with Crippen LogP contribution in [0.1, 0.15) is 5.56 Å². The van der Waals surface area contributed by atoms with E-state index in [9.17, 15) is 18.0 Å². The molecule has 0 N–H and O–H groups in total. The first kappa shape index (κ1) is 22.5. The van der Waals surface area contributed by atoms with Gasteiger partial charge in [0.15, 0.2) is 0 Å². The summed E-state index contributed by atoms with van der Waals surface area (Å²) in [6, 6.07) is 22.6. The molecule has 172 valence electrons. The van der Waals surface area contributed by atoms with Gasteiger partial charge in [-0.15, -0.1) is 0 Å². The molecular formula is C25H17IO7S. The van der Waals surface area contributed by atoms with E-state index in [4.69, 9.17) is 11.3 Å². The molecule has 0 saturated heterocycles. The maximum atomic E-state index is 13.2. The standard InChI is InChI=1S/C25H17IO7S/c1-16-2-10-21(11-3-16)34(29,30)33-26(19-8-4-17-6-12-24(27)31-22(17)14-19)20-9-5-18-7-13-25(28)32-23(18)15-20/h2-15H,1H3. The normalized spacial score (nSPS) is 12.2. The predicted molar refractivity (Wildman–Crippen MR) is 136 cm³/mol. The van der Waals surface area contributed by atoms with Crippen LogP contribution in [-0.2, 0) is 12.6 Å². The molecule has 0 bridgehead atoms. The van der Waals surface area contributed by atoms with Gasteiger partial charge in [0.2, 0.25) is 0 Å². The van der Waals surface area contributed by atoms with Gasteiger partial charge in [0.1, 0.15) is 0 Å². The molecule has 3 aromatic carbocycles. The Kier molecular flexibility index (Phi) is 5.84. The fraction of sp³-hybridized carbons (Fsp3) is 0.0400. The van der Waals surface area contributed by atoms with Crippen molar-refractivity contribution in [1.82, 2.24) is 0 Å². The summed E-state index contributed by atoms with van der Waals surface area (Å²) >= 11 is -3.15. The van der Waals surface area contributed by atoms with Gasteiger partial charge in [-0.3, -0.25) is 0 Å². The molecule has 5 rings (SSSR count). The summed E-state index contributed by atoms with van der Waals surface area (Å²) in [5.41, 5.74) is 0.562. The monoisotopic (exact) mass is 588 g/mol. The quantitative estimate of drug-likeness (QED) is 0.209. The summed E-state index contributed by atoms with van der Waals surface area (Å²) in [4.78, 5) is 23.5. The van der Waals surface area contributed by atoms with E-state index >= 15 is 0 Å². The summed E-state index contributed by atoms with van der Waals surface area (Å²) in [5.74, 6) is 0. The Morgan fingerprint density at radius 3 is 1.65 bits per heavy atom. The number of hydrogen-bond donors (Lipinski definition) is 0. The van der Waals surface area contributed by atoms with Crippen molar-refractivity contribution in [3.05, 3.63) is 118 Å².